The van der Waals surface area contributed by atoms with Gasteiger partial charge < -0.3 is 10.3 Å². The molecule has 1 aliphatic rings. The first-order valence-electron chi connectivity index (χ1n) is 7.87. The summed E-state index contributed by atoms with van der Waals surface area (Å²) < 4.78 is 13.6. The molecule has 1 atom stereocenters. The Hall–Kier alpha value is -2.54. The van der Waals surface area contributed by atoms with Crippen molar-refractivity contribution in [1.29, 1.82) is 0 Å². The molecule has 1 aromatic heterocycles. The number of aromatic amines is 1. The Bertz CT molecular complexity index is 805. The predicted molar refractivity (Wildman–Crippen MR) is 86.7 cm³/mol. The van der Waals surface area contributed by atoms with Crippen LogP contribution in [0.1, 0.15) is 23.7 Å². The summed E-state index contributed by atoms with van der Waals surface area (Å²) in [6.07, 6.45) is 1.94. The van der Waals surface area contributed by atoms with Gasteiger partial charge in [-0.15, -0.1) is 0 Å². The van der Waals surface area contributed by atoms with Crippen molar-refractivity contribution in [3.05, 3.63) is 63.6 Å². The Balaban J connectivity index is 1.62. The molecule has 1 amide bonds. The van der Waals surface area contributed by atoms with Crippen molar-refractivity contribution in [2.45, 2.75) is 32.5 Å². The lowest BCUT2D eigenvalue weighted by molar-refractivity contribution is -0.126. The Morgan fingerprint density at radius 1 is 1.46 bits per heavy atom. The van der Waals surface area contributed by atoms with Gasteiger partial charge in [0.15, 0.2) is 0 Å². The monoisotopic (exact) mass is 330 g/mol. The van der Waals surface area contributed by atoms with Crippen molar-refractivity contribution < 1.29 is 9.18 Å². The molecule has 0 spiro atoms. The summed E-state index contributed by atoms with van der Waals surface area (Å²) in [5.41, 5.74) is 1.73. The topological polar surface area (TPSA) is 78.1 Å². The summed E-state index contributed by atoms with van der Waals surface area (Å²) in [4.78, 5) is 32.8. The number of carbonyl (C=O) groups excluding carboxylic acids is 1. The molecule has 24 heavy (non-hydrogen) atoms. The van der Waals surface area contributed by atoms with Gasteiger partial charge in [-0.3, -0.25) is 14.5 Å². The second kappa shape index (κ2) is 6.92. The van der Waals surface area contributed by atoms with Gasteiger partial charge in [0.05, 0.1) is 18.1 Å². The van der Waals surface area contributed by atoms with E-state index in [4.69, 9.17) is 0 Å². The summed E-state index contributed by atoms with van der Waals surface area (Å²) in [6.45, 7) is 3.01. The molecule has 2 heterocycles. The number of carbonyl (C=O) groups is 1. The first-order chi connectivity index (χ1) is 11.6. The molecule has 0 fully saturated rings. The van der Waals surface area contributed by atoms with E-state index in [0.29, 0.717) is 36.3 Å². The van der Waals surface area contributed by atoms with Crippen LogP contribution >= 0.6 is 0 Å². The van der Waals surface area contributed by atoms with Gasteiger partial charge in [-0.25, -0.2) is 9.37 Å². The third kappa shape index (κ3) is 3.35. The predicted octanol–water partition coefficient (Wildman–Crippen LogP) is 0.972. The van der Waals surface area contributed by atoms with Gasteiger partial charge in [-0.1, -0.05) is 18.2 Å². The fraction of sp³-hybridized carbons (Fsp3) is 0.353. The van der Waals surface area contributed by atoms with Crippen LogP contribution in [0, 0.1) is 5.82 Å². The van der Waals surface area contributed by atoms with Gasteiger partial charge in [-0.2, -0.15) is 0 Å². The van der Waals surface area contributed by atoms with E-state index in [1.165, 1.54) is 12.4 Å². The zero-order valence-corrected chi connectivity index (χ0v) is 13.4. The molecular formula is C17H19FN4O2. The van der Waals surface area contributed by atoms with E-state index >= 15 is 0 Å². The van der Waals surface area contributed by atoms with Crippen LogP contribution < -0.4 is 10.9 Å². The quantitative estimate of drug-likeness (QED) is 0.876. The first kappa shape index (κ1) is 16.3. The van der Waals surface area contributed by atoms with Crippen LogP contribution in [0.5, 0.6) is 0 Å². The van der Waals surface area contributed by atoms with Crippen LogP contribution in [0.15, 0.2) is 35.4 Å². The molecule has 0 bridgehead atoms. The molecule has 2 N–H and O–H groups in total. The summed E-state index contributed by atoms with van der Waals surface area (Å²) in [5, 5.41) is 2.76. The van der Waals surface area contributed by atoms with E-state index < -0.39 is 0 Å². The average molecular weight is 330 g/mol. The van der Waals surface area contributed by atoms with Crippen molar-refractivity contribution in [2.24, 2.45) is 0 Å². The maximum atomic E-state index is 13.6. The number of hydrogen-bond donors (Lipinski definition) is 2. The second-order valence-electron chi connectivity index (χ2n) is 5.86. The molecule has 0 saturated heterocycles. The van der Waals surface area contributed by atoms with E-state index in [1.54, 1.807) is 25.1 Å². The third-order valence-corrected chi connectivity index (χ3v) is 4.38. The highest BCUT2D eigenvalue weighted by atomic mass is 19.1. The van der Waals surface area contributed by atoms with Crippen LogP contribution in [-0.4, -0.2) is 33.4 Å². The molecule has 1 aromatic carbocycles. The smallest absolute Gasteiger partial charge is 0.254 e. The summed E-state index contributed by atoms with van der Waals surface area (Å²) in [5.74, 6) is -0.507. The third-order valence-electron chi connectivity index (χ3n) is 4.38. The normalized spacial score (nSPS) is 15.6. The fourth-order valence-corrected chi connectivity index (χ4v) is 2.85. The van der Waals surface area contributed by atoms with Crippen LogP contribution in [0.25, 0.3) is 0 Å². The lowest BCUT2D eigenvalue weighted by atomic mass is 10.0. The Kier molecular flexibility index (Phi) is 4.71. The molecule has 1 unspecified atom stereocenters. The van der Waals surface area contributed by atoms with E-state index in [2.05, 4.69) is 15.3 Å². The number of hydrogen-bond acceptors (Lipinski definition) is 4. The van der Waals surface area contributed by atoms with Crippen molar-refractivity contribution in [3.8, 4) is 0 Å². The number of aromatic nitrogens is 2. The molecule has 0 aliphatic carbocycles. The van der Waals surface area contributed by atoms with Crippen LogP contribution in [0.3, 0.4) is 0 Å². The number of nitrogens with zero attached hydrogens (tertiary/aromatic N) is 2. The molecule has 126 valence electrons. The molecule has 0 saturated carbocycles. The van der Waals surface area contributed by atoms with Gasteiger partial charge in [-0.05, 0) is 19.4 Å². The van der Waals surface area contributed by atoms with E-state index in [9.17, 15) is 14.0 Å². The van der Waals surface area contributed by atoms with Gasteiger partial charge in [0.1, 0.15) is 5.82 Å². The minimum atomic E-state index is -0.383. The minimum absolute atomic E-state index is 0.115. The van der Waals surface area contributed by atoms with Crippen molar-refractivity contribution in [1.82, 2.24) is 20.2 Å². The highest BCUT2D eigenvalue weighted by molar-refractivity contribution is 5.81. The summed E-state index contributed by atoms with van der Waals surface area (Å²) in [7, 11) is 0. The number of fused-ring (bicyclic) bond motifs is 1. The lowest BCUT2D eigenvalue weighted by Crippen LogP contribution is -2.47. The van der Waals surface area contributed by atoms with Crippen molar-refractivity contribution in [3.63, 3.8) is 0 Å². The van der Waals surface area contributed by atoms with Crippen LogP contribution in [0.2, 0.25) is 0 Å². The SMILES string of the molecule is CC(C(=O)NCc1ccccc1F)N1CCc2c(nc[nH]c2=O)C1. The molecule has 6 nitrogen and oxygen atoms in total. The zero-order chi connectivity index (χ0) is 17.1. The Labute approximate surface area is 138 Å². The summed E-state index contributed by atoms with van der Waals surface area (Å²) in [6, 6.07) is 5.98. The molecule has 1 aliphatic heterocycles. The molecule has 7 heteroatoms. The largest absolute Gasteiger partial charge is 0.351 e. The number of benzene rings is 1. The Morgan fingerprint density at radius 2 is 2.25 bits per heavy atom. The molecule has 2 aromatic rings. The van der Waals surface area contributed by atoms with E-state index in [-0.39, 0.29) is 29.9 Å². The van der Waals surface area contributed by atoms with Gasteiger partial charge >= 0.3 is 0 Å². The van der Waals surface area contributed by atoms with Gasteiger partial charge in [0, 0.05) is 30.8 Å². The summed E-state index contributed by atoms with van der Waals surface area (Å²) >= 11 is 0. The second-order valence-corrected chi connectivity index (χ2v) is 5.86. The number of H-pyrrole nitrogens is 1. The number of rotatable bonds is 4. The average Bonchev–Trinajstić information content (AvgIpc) is 2.60. The first-order valence-corrected chi connectivity index (χ1v) is 7.87. The number of amides is 1. The number of nitrogens with one attached hydrogen (secondary N) is 2. The highest BCUT2D eigenvalue weighted by Crippen LogP contribution is 2.15. The van der Waals surface area contributed by atoms with Crippen molar-refractivity contribution in [2.75, 3.05) is 6.54 Å². The fourth-order valence-electron chi connectivity index (χ4n) is 2.85. The molecule has 0 radical (unpaired) electrons. The van der Waals surface area contributed by atoms with E-state index in [0.717, 1.165) is 0 Å². The highest BCUT2D eigenvalue weighted by Gasteiger charge is 2.27. The minimum Gasteiger partial charge on any atom is -0.351 e. The zero-order valence-electron chi connectivity index (χ0n) is 13.4. The lowest BCUT2D eigenvalue weighted by Gasteiger charge is -2.31. The van der Waals surface area contributed by atoms with Crippen LogP contribution in [0.4, 0.5) is 4.39 Å². The maximum Gasteiger partial charge on any atom is 0.254 e. The standard InChI is InChI=1S/C17H19FN4O2/c1-11(16(23)19-8-12-4-2-3-5-14(12)18)22-7-6-13-15(9-22)20-10-21-17(13)24/h2-5,10-11H,6-9H2,1H3,(H,19,23)(H,20,21,24). The van der Waals surface area contributed by atoms with Gasteiger partial charge in [0.2, 0.25) is 5.91 Å². The number of halogens is 1. The van der Waals surface area contributed by atoms with E-state index in [1.807, 2.05) is 4.90 Å². The molecule has 3 rings (SSSR count). The van der Waals surface area contributed by atoms with Crippen molar-refractivity contribution >= 4 is 5.91 Å². The Morgan fingerprint density at radius 3 is 3.04 bits per heavy atom. The van der Waals surface area contributed by atoms with Crippen LogP contribution in [-0.2, 0) is 24.3 Å². The van der Waals surface area contributed by atoms with Gasteiger partial charge in [0.25, 0.3) is 5.56 Å². The molecular weight excluding hydrogens is 311 g/mol. The maximum absolute atomic E-state index is 13.6.